The zero-order valence-electron chi connectivity index (χ0n) is 19.0. The lowest BCUT2D eigenvalue weighted by molar-refractivity contribution is -0.148. The molecule has 4 rings (SSSR count). The maximum atomic E-state index is 13.0. The number of carboxylic acids is 1. The Kier molecular flexibility index (Phi) is 6.37. The van der Waals surface area contributed by atoms with Crippen LogP contribution in [0, 0.1) is 18.3 Å². The van der Waals surface area contributed by atoms with Gasteiger partial charge in [0.15, 0.2) is 0 Å². The van der Waals surface area contributed by atoms with Gasteiger partial charge in [0, 0.05) is 18.3 Å². The van der Waals surface area contributed by atoms with Crippen LogP contribution in [0.15, 0.2) is 36.7 Å². The molecule has 1 aliphatic rings. The van der Waals surface area contributed by atoms with Crippen LogP contribution in [0.2, 0.25) is 0 Å². The number of aliphatic carboxylic acids is 1. The smallest absolute Gasteiger partial charge is 0.416 e. The van der Waals surface area contributed by atoms with Gasteiger partial charge in [-0.1, -0.05) is 13.8 Å². The number of thiazole rings is 1. The molecule has 1 aliphatic carbocycles. The highest BCUT2D eigenvalue weighted by Gasteiger charge is 2.42. The minimum atomic E-state index is -4.46. The number of pyridine rings is 2. The number of nitrogens with zero attached hydrogens (tertiary/aromatic N) is 3. The Morgan fingerprint density at radius 2 is 1.94 bits per heavy atom. The molecular weight excluding hydrogens is 465 g/mol. The van der Waals surface area contributed by atoms with E-state index in [1.165, 1.54) is 11.3 Å². The molecule has 0 unspecified atom stereocenters. The predicted octanol–water partition coefficient (Wildman–Crippen LogP) is 6.67. The summed E-state index contributed by atoms with van der Waals surface area (Å²) in [5.41, 5.74) is 0.441. The largest absolute Gasteiger partial charge is 0.481 e. The van der Waals surface area contributed by atoms with Crippen LogP contribution in [0.5, 0.6) is 0 Å². The van der Waals surface area contributed by atoms with Gasteiger partial charge in [-0.05, 0) is 61.4 Å². The highest BCUT2D eigenvalue weighted by molar-refractivity contribution is 7.15. The number of aromatic nitrogens is 3. The highest BCUT2D eigenvalue weighted by atomic mass is 32.1. The average Bonchev–Trinajstić information content (AvgIpc) is 3.22. The van der Waals surface area contributed by atoms with Crippen LogP contribution in [0.1, 0.15) is 55.2 Å². The van der Waals surface area contributed by atoms with Crippen LogP contribution in [0.4, 0.5) is 24.8 Å². The van der Waals surface area contributed by atoms with Crippen LogP contribution in [0.3, 0.4) is 0 Å². The fourth-order valence-corrected chi connectivity index (χ4v) is 5.58. The van der Waals surface area contributed by atoms with Gasteiger partial charge < -0.3 is 10.4 Å². The lowest BCUT2D eigenvalue weighted by atomic mass is 9.65. The molecule has 0 saturated heterocycles. The van der Waals surface area contributed by atoms with Crippen molar-refractivity contribution < 1.29 is 23.1 Å². The Morgan fingerprint density at radius 1 is 1.18 bits per heavy atom. The number of aryl methyl sites for hydroxylation is 1. The molecule has 6 nitrogen and oxygen atoms in total. The molecule has 0 aromatic carbocycles. The number of nitrogens with one attached hydrogen (secondary N) is 1. The molecular formula is C24H25F3N4O2S. The highest BCUT2D eigenvalue weighted by Crippen LogP contribution is 2.48. The molecule has 0 amide bonds. The predicted molar refractivity (Wildman–Crippen MR) is 124 cm³/mol. The number of halogens is 3. The zero-order chi connectivity index (χ0) is 24.7. The van der Waals surface area contributed by atoms with Gasteiger partial charge in [-0.3, -0.25) is 4.79 Å². The lowest BCUT2D eigenvalue weighted by Gasteiger charge is -2.39. The van der Waals surface area contributed by atoms with Crippen molar-refractivity contribution in [1.82, 2.24) is 15.0 Å². The Hall–Kier alpha value is -3.01. The number of hydrogen-bond acceptors (Lipinski definition) is 6. The number of hydrogen-bond donors (Lipinski definition) is 2. The first-order valence-corrected chi connectivity index (χ1v) is 11.7. The molecule has 0 radical (unpaired) electrons. The van der Waals surface area contributed by atoms with E-state index >= 15 is 0 Å². The standard InChI is InChI=1S/C24H25F3N4O2S/c1-13-8-17(30-20(9-13)31-19-10-15(6-7-28-19)24(25,26)27)18-12-29-21(34-18)14-4-5-16(22(32)33)23(2,3)11-14/h6-10,12,14,16H,4-5,11H2,1-3H3,(H,32,33)(H,28,30,31)/t14-,16+/m0/s1. The summed E-state index contributed by atoms with van der Waals surface area (Å²) in [6.07, 6.45) is 0.529. The molecule has 1 fully saturated rings. The van der Waals surface area contributed by atoms with Gasteiger partial charge in [0.2, 0.25) is 0 Å². The molecule has 3 heterocycles. The monoisotopic (exact) mass is 490 g/mol. The maximum Gasteiger partial charge on any atom is 0.416 e. The minimum Gasteiger partial charge on any atom is -0.481 e. The maximum absolute atomic E-state index is 13.0. The van der Waals surface area contributed by atoms with Gasteiger partial charge in [0.05, 0.1) is 27.1 Å². The van der Waals surface area contributed by atoms with E-state index in [2.05, 4.69) is 20.3 Å². The van der Waals surface area contributed by atoms with E-state index in [4.69, 9.17) is 0 Å². The first-order valence-electron chi connectivity index (χ1n) is 10.9. The first-order chi connectivity index (χ1) is 15.9. The molecule has 0 bridgehead atoms. The van der Waals surface area contributed by atoms with Crippen molar-refractivity contribution in [3.05, 3.63) is 52.8 Å². The number of alkyl halides is 3. The van der Waals surface area contributed by atoms with Gasteiger partial charge in [0.1, 0.15) is 11.6 Å². The van der Waals surface area contributed by atoms with Crippen LogP contribution >= 0.6 is 11.3 Å². The van der Waals surface area contributed by atoms with E-state index in [1.54, 1.807) is 12.3 Å². The quantitative estimate of drug-likeness (QED) is 0.416. The Balaban J connectivity index is 1.55. The number of rotatable bonds is 5. The average molecular weight is 491 g/mol. The van der Waals surface area contributed by atoms with Gasteiger partial charge in [0.25, 0.3) is 0 Å². The third-order valence-electron chi connectivity index (χ3n) is 6.26. The van der Waals surface area contributed by atoms with Gasteiger partial charge in [-0.25, -0.2) is 15.0 Å². The SMILES string of the molecule is Cc1cc(Nc2cc(C(F)(F)F)ccn2)nc(-c2cnc([C@H]3CC[C@H](C(=O)O)C(C)(C)C3)s2)c1. The summed E-state index contributed by atoms with van der Waals surface area (Å²) in [6.45, 7) is 5.87. The molecule has 10 heteroatoms. The number of carboxylic acid groups (broad SMARTS) is 1. The fraction of sp³-hybridized carbons (Fsp3) is 0.417. The van der Waals surface area contributed by atoms with Gasteiger partial charge in [-0.2, -0.15) is 13.2 Å². The summed E-state index contributed by atoms with van der Waals surface area (Å²) in [5.74, 6) is -0.482. The van der Waals surface area contributed by atoms with E-state index in [0.717, 1.165) is 46.6 Å². The fourth-order valence-electron chi connectivity index (χ4n) is 4.57. The third kappa shape index (κ3) is 5.22. The van der Waals surface area contributed by atoms with Crippen molar-refractivity contribution in [1.29, 1.82) is 0 Å². The molecule has 2 atom stereocenters. The van der Waals surface area contributed by atoms with Crippen LogP contribution < -0.4 is 5.32 Å². The lowest BCUT2D eigenvalue weighted by Crippen LogP contribution is -2.36. The second kappa shape index (κ2) is 8.98. The van der Waals surface area contributed by atoms with E-state index in [0.29, 0.717) is 17.9 Å². The third-order valence-corrected chi connectivity index (χ3v) is 7.44. The van der Waals surface area contributed by atoms with Crippen molar-refractivity contribution >= 4 is 28.9 Å². The minimum absolute atomic E-state index is 0.0568. The van der Waals surface area contributed by atoms with E-state index in [-0.39, 0.29) is 23.1 Å². The van der Waals surface area contributed by atoms with Crippen LogP contribution in [0.25, 0.3) is 10.6 Å². The molecule has 34 heavy (non-hydrogen) atoms. The summed E-state index contributed by atoms with van der Waals surface area (Å²) < 4.78 is 39.0. The van der Waals surface area contributed by atoms with Crippen molar-refractivity contribution in [2.24, 2.45) is 11.3 Å². The Labute approximate surface area is 199 Å². The first kappa shape index (κ1) is 24.1. The zero-order valence-corrected chi connectivity index (χ0v) is 19.8. The van der Waals surface area contributed by atoms with Crippen molar-refractivity contribution in [3.8, 4) is 10.6 Å². The number of anilines is 2. The van der Waals surface area contributed by atoms with Crippen molar-refractivity contribution in [2.75, 3.05) is 5.32 Å². The Morgan fingerprint density at radius 3 is 2.62 bits per heavy atom. The summed E-state index contributed by atoms with van der Waals surface area (Å²) >= 11 is 1.52. The summed E-state index contributed by atoms with van der Waals surface area (Å²) in [4.78, 5) is 25.6. The summed E-state index contributed by atoms with van der Waals surface area (Å²) in [7, 11) is 0. The van der Waals surface area contributed by atoms with Gasteiger partial charge >= 0.3 is 12.1 Å². The molecule has 1 saturated carbocycles. The molecule has 3 aromatic heterocycles. The van der Waals surface area contributed by atoms with E-state index in [9.17, 15) is 23.1 Å². The van der Waals surface area contributed by atoms with Crippen molar-refractivity contribution in [3.63, 3.8) is 0 Å². The van der Waals surface area contributed by atoms with Gasteiger partial charge in [-0.15, -0.1) is 11.3 Å². The van der Waals surface area contributed by atoms with Crippen LogP contribution in [-0.2, 0) is 11.0 Å². The topological polar surface area (TPSA) is 88.0 Å². The molecule has 180 valence electrons. The molecule has 0 spiro atoms. The van der Waals surface area contributed by atoms with E-state index in [1.807, 2.05) is 26.8 Å². The second-order valence-corrected chi connectivity index (χ2v) is 10.5. The van der Waals surface area contributed by atoms with Crippen LogP contribution in [-0.4, -0.2) is 26.0 Å². The molecule has 3 aromatic rings. The normalized spacial score (nSPS) is 20.2. The summed E-state index contributed by atoms with van der Waals surface area (Å²) in [6, 6.07) is 5.50. The summed E-state index contributed by atoms with van der Waals surface area (Å²) in [5, 5.41) is 13.3. The molecule has 0 aliphatic heterocycles. The Bertz CT molecular complexity index is 1210. The number of carbonyl (C=O) groups is 1. The molecule has 2 N–H and O–H groups in total. The second-order valence-electron chi connectivity index (χ2n) is 9.39. The van der Waals surface area contributed by atoms with E-state index < -0.39 is 17.7 Å². The van der Waals surface area contributed by atoms with Crippen molar-refractivity contribution in [2.45, 2.75) is 52.1 Å².